The van der Waals surface area contributed by atoms with E-state index in [9.17, 15) is 4.79 Å². The predicted octanol–water partition coefficient (Wildman–Crippen LogP) is 3.40. The van der Waals surface area contributed by atoms with Crippen molar-refractivity contribution >= 4 is 33.6 Å². The molecule has 0 aromatic carbocycles. The van der Waals surface area contributed by atoms with Gasteiger partial charge in [0.15, 0.2) is 0 Å². The molecule has 1 amide bonds. The number of aromatic nitrogens is 1. The third-order valence-electron chi connectivity index (χ3n) is 6.42. The molecule has 5 rings (SSSR count). The molecule has 148 valence electrons. The Balaban J connectivity index is 1.31. The van der Waals surface area contributed by atoms with E-state index >= 15 is 0 Å². The maximum absolute atomic E-state index is 12.9. The highest BCUT2D eigenvalue weighted by molar-refractivity contribution is 9.07. The van der Waals surface area contributed by atoms with Gasteiger partial charge in [-0.3, -0.25) is 8.72 Å². The van der Waals surface area contributed by atoms with Gasteiger partial charge in [-0.05, 0) is 49.0 Å². The first-order chi connectivity index (χ1) is 13.7. The second-order valence-corrected chi connectivity index (χ2v) is 9.04. The number of hydrogen-bond donors (Lipinski definition) is 2. The lowest BCUT2D eigenvalue weighted by Crippen LogP contribution is -2.48. The molecule has 7 heteroatoms. The van der Waals surface area contributed by atoms with E-state index in [0.29, 0.717) is 12.5 Å². The summed E-state index contributed by atoms with van der Waals surface area (Å²) < 4.78 is 1.70. The van der Waals surface area contributed by atoms with Gasteiger partial charge in [-0.15, -0.1) is 0 Å². The summed E-state index contributed by atoms with van der Waals surface area (Å²) in [6.07, 6.45) is 12.1. The summed E-state index contributed by atoms with van der Waals surface area (Å²) >= 11 is 3.46. The molecule has 2 N–H and O–H groups in total. The zero-order chi connectivity index (χ0) is 19.1. The molecule has 1 aromatic rings. The molecule has 0 radical (unpaired) electrons. The SMILES string of the molecule is O=C1C(C2CCCC2)C2=C(C=CC(Nc3ccc(N4CCC4)cn3)N2)CN1Br. The summed E-state index contributed by atoms with van der Waals surface area (Å²) in [6.45, 7) is 2.86. The summed E-state index contributed by atoms with van der Waals surface area (Å²) in [7, 11) is 0. The molecule has 3 aliphatic heterocycles. The lowest BCUT2D eigenvalue weighted by Gasteiger charge is -2.38. The average molecular weight is 444 g/mol. The molecular weight excluding hydrogens is 418 g/mol. The van der Waals surface area contributed by atoms with E-state index in [1.54, 1.807) is 3.93 Å². The third-order valence-corrected chi connectivity index (χ3v) is 7.02. The highest BCUT2D eigenvalue weighted by Crippen LogP contribution is 2.40. The molecule has 2 fully saturated rings. The Bertz CT molecular complexity index is 811. The number of anilines is 2. The lowest BCUT2D eigenvalue weighted by molar-refractivity contribution is -0.130. The van der Waals surface area contributed by atoms with Crippen molar-refractivity contribution in [3.05, 3.63) is 41.8 Å². The van der Waals surface area contributed by atoms with Gasteiger partial charge in [0.25, 0.3) is 0 Å². The van der Waals surface area contributed by atoms with E-state index in [-0.39, 0.29) is 18.0 Å². The predicted molar refractivity (Wildman–Crippen MR) is 114 cm³/mol. The number of nitrogens with zero attached hydrogens (tertiary/aromatic N) is 3. The zero-order valence-corrected chi connectivity index (χ0v) is 17.5. The van der Waals surface area contributed by atoms with E-state index < -0.39 is 0 Å². The van der Waals surface area contributed by atoms with Gasteiger partial charge in [-0.2, -0.15) is 0 Å². The minimum Gasteiger partial charge on any atom is -0.370 e. The van der Waals surface area contributed by atoms with E-state index in [0.717, 1.165) is 37.4 Å². The van der Waals surface area contributed by atoms with Crippen LogP contribution in [0.2, 0.25) is 0 Å². The molecule has 4 heterocycles. The smallest absolute Gasteiger partial charge is 0.242 e. The summed E-state index contributed by atoms with van der Waals surface area (Å²) in [5.74, 6) is 1.40. The van der Waals surface area contributed by atoms with Crippen molar-refractivity contribution < 1.29 is 4.79 Å². The Morgan fingerprint density at radius 2 is 2.00 bits per heavy atom. The maximum Gasteiger partial charge on any atom is 0.242 e. The van der Waals surface area contributed by atoms with Gasteiger partial charge >= 0.3 is 0 Å². The molecule has 4 aliphatic rings. The van der Waals surface area contributed by atoms with E-state index in [1.807, 2.05) is 12.3 Å². The molecule has 0 bridgehead atoms. The minimum absolute atomic E-state index is 0.0558. The van der Waals surface area contributed by atoms with Crippen LogP contribution in [0.1, 0.15) is 32.1 Å². The van der Waals surface area contributed by atoms with Gasteiger partial charge in [-0.25, -0.2) is 4.98 Å². The fourth-order valence-electron chi connectivity index (χ4n) is 4.74. The number of carbonyl (C=O) groups is 1. The Hall–Kier alpha value is -2.02. The third kappa shape index (κ3) is 3.30. The van der Waals surface area contributed by atoms with E-state index in [2.05, 4.69) is 54.9 Å². The number of hydrogen-bond acceptors (Lipinski definition) is 5. The highest BCUT2D eigenvalue weighted by atomic mass is 79.9. The molecule has 0 spiro atoms. The Kier molecular flexibility index (Phi) is 4.78. The molecular formula is C21H26BrN5O. The number of pyridine rings is 1. The molecule has 1 aliphatic carbocycles. The summed E-state index contributed by atoms with van der Waals surface area (Å²) in [6, 6.07) is 4.16. The van der Waals surface area contributed by atoms with Crippen LogP contribution in [-0.2, 0) is 4.79 Å². The van der Waals surface area contributed by atoms with Crippen molar-refractivity contribution in [1.82, 2.24) is 14.2 Å². The molecule has 28 heavy (non-hydrogen) atoms. The maximum atomic E-state index is 12.9. The molecule has 6 nitrogen and oxygen atoms in total. The van der Waals surface area contributed by atoms with Gasteiger partial charge in [0, 0.05) is 18.8 Å². The fraction of sp³-hybridized carbons (Fsp3) is 0.524. The number of halogens is 1. The van der Waals surface area contributed by atoms with Crippen molar-refractivity contribution in [3.8, 4) is 0 Å². The van der Waals surface area contributed by atoms with Crippen LogP contribution < -0.4 is 15.5 Å². The number of carbonyl (C=O) groups excluding carboxylic acids is 1. The number of rotatable bonds is 4. The molecule has 1 aromatic heterocycles. The van der Waals surface area contributed by atoms with Gasteiger partial charge in [-0.1, -0.05) is 18.9 Å². The standard InChI is InChI=1S/C21H26BrN5O/c22-27-13-15-6-8-18(24-17-9-7-16(12-23-17)26-10-3-11-26)25-20(15)19(21(27)28)14-4-1-2-5-14/h6-9,12,14,18-19,25H,1-5,10-11,13H2,(H,23,24). The van der Waals surface area contributed by atoms with Crippen LogP contribution in [0, 0.1) is 11.8 Å². The van der Waals surface area contributed by atoms with Crippen LogP contribution in [0.3, 0.4) is 0 Å². The Morgan fingerprint density at radius 3 is 2.68 bits per heavy atom. The van der Waals surface area contributed by atoms with Crippen molar-refractivity contribution in [2.24, 2.45) is 11.8 Å². The molecule has 1 saturated carbocycles. The summed E-state index contributed by atoms with van der Waals surface area (Å²) in [4.78, 5) is 19.8. The minimum atomic E-state index is -0.0679. The van der Waals surface area contributed by atoms with Crippen LogP contribution in [0.4, 0.5) is 11.5 Å². The fourth-order valence-corrected chi connectivity index (χ4v) is 5.24. The largest absolute Gasteiger partial charge is 0.370 e. The average Bonchev–Trinajstić information content (AvgIpc) is 3.17. The topological polar surface area (TPSA) is 60.5 Å². The van der Waals surface area contributed by atoms with Gasteiger partial charge in [0.1, 0.15) is 12.0 Å². The Labute approximate surface area is 174 Å². The van der Waals surface area contributed by atoms with Gasteiger partial charge in [0.2, 0.25) is 5.91 Å². The molecule has 2 atom stereocenters. The van der Waals surface area contributed by atoms with Crippen LogP contribution in [0.25, 0.3) is 0 Å². The lowest BCUT2D eigenvalue weighted by atomic mass is 9.82. The number of nitrogens with one attached hydrogen (secondary N) is 2. The van der Waals surface area contributed by atoms with Gasteiger partial charge < -0.3 is 15.5 Å². The second-order valence-electron chi connectivity index (χ2n) is 8.19. The quantitative estimate of drug-likeness (QED) is 0.698. The summed E-state index contributed by atoms with van der Waals surface area (Å²) in [5.41, 5.74) is 3.49. The highest BCUT2D eigenvalue weighted by Gasteiger charge is 2.41. The first-order valence-electron chi connectivity index (χ1n) is 10.3. The normalized spacial score (nSPS) is 27.5. The number of dihydropyridines is 1. The van der Waals surface area contributed by atoms with Crippen molar-refractivity contribution in [2.45, 2.75) is 38.3 Å². The number of amides is 1. The molecule has 1 saturated heterocycles. The Morgan fingerprint density at radius 1 is 1.18 bits per heavy atom. The second kappa shape index (κ2) is 7.43. The van der Waals surface area contributed by atoms with Gasteiger partial charge in [0.05, 0.1) is 40.5 Å². The van der Waals surface area contributed by atoms with E-state index in [4.69, 9.17) is 0 Å². The van der Waals surface area contributed by atoms with E-state index in [1.165, 1.54) is 30.5 Å². The van der Waals surface area contributed by atoms with Crippen molar-refractivity contribution in [2.75, 3.05) is 29.9 Å². The zero-order valence-electron chi connectivity index (χ0n) is 15.9. The first kappa shape index (κ1) is 18.0. The van der Waals surface area contributed by atoms with Crippen LogP contribution in [-0.4, -0.2) is 40.6 Å². The summed E-state index contributed by atoms with van der Waals surface area (Å²) in [5, 5.41) is 7.06. The van der Waals surface area contributed by atoms with Crippen molar-refractivity contribution in [1.29, 1.82) is 0 Å². The van der Waals surface area contributed by atoms with Crippen LogP contribution in [0.15, 0.2) is 41.8 Å². The first-order valence-corrected chi connectivity index (χ1v) is 11.0. The van der Waals surface area contributed by atoms with Crippen LogP contribution in [0.5, 0.6) is 0 Å². The van der Waals surface area contributed by atoms with Crippen LogP contribution >= 0.6 is 16.1 Å². The monoisotopic (exact) mass is 443 g/mol. The van der Waals surface area contributed by atoms with Crippen molar-refractivity contribution in [3.63, 3.8) is 0 Å². The molecule has 2 unspecified atom stereocenters.